The zero-order chi connectivity index (χ0) is 14.4. The van der Waals surface area contributed by atoms with Crippen LogP contribution in [-0.2, 0) is 4.79 Å². The third-order valence-electron chi connectivity index (χ3n) is 3.08. The number of hydrogen-bond donors (Lipinski definition) is 2. The van der Waals surface area contributed by atoms with Gasteiger partial charge in [-0.2, -0.15) is 0 Å². The normalized spacial score (nSPS) is 13.1. The molecule has 0 aliphatic carbocycles. The molecule has 4 nitrogen and oxygen atoms in total. The molecule has 0 spiro atoms. The lowest BCUT2D eigenvalue weighted by Crippen LogP contribution is -2.41. The first kappa shape index (κ1) is 18.7. The van der Waals surface area contributed by atoms with Gasteiger partial charge in [-0.3, -0.25) is 4.79 Å². The molecule has 2 atom stereocenters. The van der Waals surface area contributed by atoms with Crippen LogP contribution in [0.3, 0.4) is 0 Å². The molecule has 0 aromatic heterocycles. The van der Waals surface area contributed by atoms with E-state index in [4.69, 9.17) is 10.5 Å². The lowest BCUT2D eigenvalue weighted by molar-refractivity contribution is -0.125. The van der Waals surface area contributed by atoms with Crippen LogP contribution in [0.2, 0.25) is 0 Å². The molecule has 0 saturated heterocycles. The van der Waals surface area contributed by atoms with Gasteiger partial charge in [-0.25, -0.2) is 0 Å². The number of ether oxygens (including phenoxy) is 1. The number of hydrogen-bond acceptors (Lipinski definition) is 3. The fourth-order valence-corrected chi connectivity index (χ4v) is 1.77. The number of carbonyl (C=O) groups excluding carboxylic acids is 1. The summed E-state index contributed by atoms with van der Waals surface area (Å²) in [4.78, 5) is 11.7. The van der Waals surface area contributed by atoms with Crippen molar-refractivity contribution in [3.8, 4) is 5.75 Å². The molecule has 1 rings (SSSR count). The molecular formula is C15H25ClN2O2. The van der Waals surface area contributed by atoms with E-state index in [1.165, 1.54) is 0 Å². The average Bonchev–Trinajstić information content (AvgIpc) is 2.37. The van der Waals surface area contributed by atoms with Gasteiger partial charge in [0.1, 0.15) is 12.4 Å². The van der Waals surface area contributed by atoms with Crippen LogP contribution in [0.4, 0.5) is 0 Å². The molecule has 5 heteroatoms. The van der Waals surface area contributed by atoms with Crippen molar-refractivity contribution in [3.05, 3.63) is 29.3 Å². The van der Waals surface area contributed by atoms with E-state index in [1.54, 1.807) is 0 Å². The minimum absolute atomic E-state index is 0. The average molecular weight is 301 g/mol. The van der Waals surface area contributed by atoms with Crippen LogP contribution in [0, 0.1) is 19.8 Å². The van der Waals surface area contributed by atoms with Crippen molar-refractivity contribution in [2.24, 2.45) is 11.7 Å². The van der Waals surface area contributed by atoms with Gasteiger partial charge in [0.05, 0.1) is 6.04 Å². The number of amides is 1. The van der Waals surface area contributed by atoms with Crippen LogP contribution in [0.1, 0.15) is 25.0 Å². The molecule has 0 fully saturated rings. The molecule has 1 aromatic rings. The minimum Gasteiger partial charge on any atom is -0.491 e. The molecule has 1 amide bonds. The summed E-state index contributed by atoms with van der Waals surface area (Å²) in [5.74, 6) is 0.707. The maximum absolute atomic E-state index is 11.7. The van der Waals surface area contributed by atoms with Gasteiger partial charge >= 0.3 is 0 Å². The van der Waals surface area contributed by atoms with E-state index in [-0.39, 0.29) is 30.3 Å². The van der Waals surface area contributed by atoms with Crippen molar-refractivity contribution < 1.29 is 9.53 Å². The van der Waals surface area contributed by atoms with E-state index in [0.717, 1.165) is 16.9 Å². The second-order valence-corrected chi connectivity index (χ2v) is 5.08. The Morgan fingerprint density at radius 1 is 1.30 bits per heavy atom. The Kier molecular flexibility index (Phi) is 8.26. The van der Waals surface area contributed by atoms with Crippen LogP contribution in [-0.4, -0.2) is 25.1 Å². The second kappa shape index (κ2) is 8.82. The molecule has 3 N–H and O–H groups in total. The Balaban J connectivity index is 0.00000361. The number of rotatable bonds is 6. The summed E-state index contributed by atoms with van der Waals surface area (Å²) < 4.78 is 5.80. The summed E-state index contributed by atoms with van der Waals surface area (Å²) in [6.45, 7) is 8.58. The number of benzene rings is 1. The Morgan fingerprint density at radius 2 is 1.85 bits per heavy atom. The van der Waals surface area contributed by atoms with Crippen LogP contribution >= 0.6 is 12.4 Å². The standard InChI is InChI=1S/C15H24N2O2.ClH/c1-10-6-5-7-11(2)14(10)19-9-13(4)17-15(18)12(3)8-16;/h5-7,12-13H,8-9,16H2,1-4H3,(H,17,18);1H. The molecule has 1 aromatic carbocycles. The number of nitrogens with one attached hydrogen (secondary N) is 1. The first-order valence-corrected chi connectivity index (χ1v) is 6.65. The van der Waals surface area contributed by atoms with Gasteiger partial charge in [-0.1, -0.05) is 25.1 Å². The molecule has 0 aliphatic heterocycles. The summed E-state index contributed by atoms with van der Waals surface area (Å²) in [6, 6.07) is 6.00. The molecule has 0 bridgehead atoms. The van der Waals surface area contributed by atoms with E-state index in [2.05, 4.69) is 5.32 Å². The van der Waals surface area contributed by atoms with Crippen molar-refractivity contribution in [2.45, 2.75) is 33.7 Å². The summed E-state index contributed by atoms with van der Waals surface area (Å²) >= 11 is 0. The Labute approximate surface area is 127 Å². The monoisotopic (exact) mass is 300 g/mol. The predicted molar refractivity (Wildman–Crippen MR) is 84.5 cm³/mol. The fraction of sp³-hybridized carbons (Fsp3) is 0.533. The highest BCUT2D eigenvalue weighted by Crippen LogP contribution is 2.22. The Morgan fingerprint density at radius 3 is 2.35 bits per heavy atom. The van der Waals surface area contributed by atoms with Crippen LogP contribution in [0.15, 0.2) is 18.2 Å². The van der Waals surface area contributed by atoms with Gasteiger partial charge in [0.15, 0.2) is 0 Å². The lowest BCUT2D eigenvalue weighted by atomic mass is 10.1. The molecule has 0 aliphatic rings. The van der Waals surface area contributed by atoms with Crippen molar-refractivity contribution in [1.82, 2.24) is 5.32 Å². The summed E-state index contributed by atoms with van der Waals surface area (Å²) in [5, 5.41) is 2.90. The van der Waals surface area contributed by atoms with E-state index >= 15 is 0 Å². The van der Waals surface area contributed by atoms with Gasteiger partial charge in [0.25, 0.3) is 0 Å². The molecule has 2 unspecified atom stereocenters. The van der Waals surface area contributed by atoms with Gasteiger partial charge < -0.3 is 15.8 Å². The van der Waals surface area contributed by atoms with Gasteiger partial charge in [0, 0.05) is 12.5 Å². The maximum atomic E-state index is 11.7. The Bertz CT molecular complexity index is 418. The highest BCUT2D eigenvalue weighted by molar-refractivity contribution is 5.85. The van der Waals surface area contributed by atoms with Crippen molar-refractivity contribution >= 4 is 18.3 Å². The van der Waals surface area contributed by atoms with Crippen LogP contribution < -0.4 is 15.8 Å². The van der Waals surface area contributed by atoms with E-state index in [0.29, 0.717) is 13.2 Å². The highest BCUT2D eigenvalue weighted by Gasteiger charge is 2.14. The van der Waals surface area contributed by atoms with Crippen molar-refractivity contribution in [2.75, 3.05) is 13.2 Å². The van der Waals surface area contributed by atoms with Crippen molar-refractivity contribution in [3.63, 3.8) is 0 Å². The van der Waals surface area contributed by atoms with Gasteiger partial charge in [-0.15, -0.1) is 12.4 Å². The van der Waals surface area contributed by atoms with Crippen molar-refractivity contribution in [1.29, 1.82) is 0 Å². The molecule has 0 radical (unpaired) electrons. The third kappa shape index (κ3) is 5.39. The molecular weight excluding hydrogens is 276 g/mol. The molecule has 0 saturated carbocycles. The number of halogens is 1. The molecule has 20 heavy (non-hydrogen) atoms. The van der Waals surface area contributed by atoms with Crippen LogP contribution in [0.5, 0.6) is 5.75 Å². The van der Waals surface area contributed by atoms with Crippen LogP contribution in [0.25, 0.3) is 0 Å². The zero-order valence-corrected chi connectivity index (χ0v) is 13.4. The largest absolute Gasteiger partial charge is 0.491 e. The Hall–Kier alpha value is -1.26. The maximum Gasteiger partial charge on any atom is 0.224 e. The van der Waals surface area contributed by atoms with E-state index in [9.17, 15) is 4.79 Å². The first-order chi connectivity index (χ1) is 8.95. The first-order valence-electron chi connectivity index (χ1n) is 6.65. The summed E-state index contributed by atoms with van der Waals surface area (Å²) in [6.07, 6.45) is 0. The third-order valence-corrected chi connectivity index (χ3v) is 3.08. The number of para-hydroxylation sites is 1. The van der Waals surface area contributed by atoms with Gasteiger partial charge in [0.2, 0.25) is 5.91 Å². The summed E-state index contributed by atoms with van der Waals surface area (Å²) in [7, 11) is 0. The highest BCUT2D eigenvalue weighted by atomic mass is 35.5. The molecule has 0 heterocycles. The topological polar surface area (TPSA) is 64.3 Å². The minimum atomic E-state index is -0.164. The van der Waals surface area contributed by atoms with E-state index in [1.807, 2.05) is 45.9 Å². The number of nitrogens with two attached hydrogens (primary N) is 1. The predicted octanol–water partition coefficient (Wildman–Crippen LogP) is 2.20. The van der Waals surface area contributed by atoms with Gasteiger partial charge in [-0.05, 0) is 31.9 Å². The SMILES string of the molecule is Cc1cccc(C)c1OCC(C)NC(=O)C(C)CN.Cl. The molecule has 114 valence electrons. The summed E-state index contributed by atoms with van der Waals surface area (Å²) in [5.41, 5.74) is 7.67. The number of aryl methyl sites for hydroxylation is 2. The zero-order valence-electron chi connectivity index (χ0n) is 12.6. The van der Waals surface area contributed by atoms with E-state index < -0.39 is 0 Å². The number of carbonyl (C=O) groups is 1. The quantitative estimate of drug-likeness (QED) is 0.846. The smallest absolute Gasteiger partial charge is 0.224 e. The fourth-order valence-electron chi connectivity index (χ4n) is 1.77. The lowest BCUT2D eigenvalue weighted by Gasteiger charge is -2.19. The second-order valence-electron chi connectivity index (χ2n) is 5.08.